The molecule has 184 valence electrons. The minimum Gasteiger partial charge on any atom is -0.445 e. The van der Waals surface area contributed by atoms with E-state index in [1.165, 1.54) is 0 Å². The Balaban J connectivity index is 1.50. The molecule has 5 N–H and O–H groups in total. The van der Waals surface area contributed by atoms with Gasteiger partial charge in [0, 0.05) is 29.9 Å². The van der Waals surface area contributed by atoms with Gasteiger partial charge in [-0.1, -0.05) is 78.9 Å². The van der Waals surface area contributed by atoms with Crippen LogP contribution in [0, 0.1) is 0 Å². The number of hydrogen-bond acceptors (Lipinski definition) is 4. The number of H-pyrrole nitrogens is 1. The molecule has 0 spiro atoms. The maximum Gasteiger partial charge on any atom is 0.408 e. The molecule has 4 aromatic rings. The van der Waals surface area contributed by atoms with E-state index in [0.717, 1.165) is 27.6 Å². The van der Waals surface area contributed by atoms with Crippen LogP contribution in [0.1, 0.15) is 16.7 Å². The molecule has 0 bridgehead atoms. The van der Waals surface area contributed by atoms with Gasteiger partial charge in [-0.05, 0) is 22.8 Å². The average molecular weight is 485 g/mol. The number of benzene rings is 3. The third-order valence-electron chi connectivity index (χ3n) is 5.86. The minimum absolute atomic E-state index is 0.0615. The summed E-state index contributed by atoms with van der Waals surface area (Å²) in [6.07, 6.45) is 1.49. The number of amides is 3. The van der Waals surface area contributed by atoms with E-state index in [9.17, 15) is 14.4 Å². The molecule has 2 atom stereocenters. The van der Waals surface area contributed by atoms with Gasteiger partial charge >= 0.3 is 6.09 Å². The van der Waals surface area contributed by atoms with Crippen molar-refractivity contribution in [3.05, 3.63) is 108 Å². The van der Waals surface area contributed by atoms with Gasteiger partial charge in [-0.25, -0.2) is 4.79 Å². The molecule has 0 saturated carbocycles. The van der Waals surface area contributed by atoms with E-state index < -0.39 is 30.0 Å². The van der Waals surface area contributed by atoms with Crippen LogP contribution in [0.5, 0.6) is 0 Å². The van der Waals surface area contributed by atoms with Gasteiger partial charge in [0.1, 0.15) is 18.7 Å². The van der Waals surface area contributed by atoms with Crippen LogP contribution in [0.3, 0.4) is 0 Å². The zero-order valence-corrected chi connectivity index (χ0v) is 19.6. The van der Waals surface area contributed by atoms with E-state index in [0.29, 0.717) is 0 Å². The van der Waals surface area contributed by atoms with Gasteiger partial charge in [0.2, 0.25) is 11.8 Å². The first-order valence-electron chi connectivity index (χ1n) is 11.7. The highest BCUT2D eigenvalue weighted by Crippen LogP contribution is 2.19. The summed E-state index contributed by atoms with van der Waals surface area (Å²) in [6.45, 7) is 0.0615. The highest BCUT2D eigenvalue weighted by atomic mass is 16.5. The van der Waals surface area contributed by atoms with Crippen molar-refractivity contribution in [2.45, 2.75) is 31.5 Å². The van der Waals surface area contributed by atoms with Crippen molar-refractivity contribution < 1.29 is 19.1 Å². The first-order valence-corrected chi connectivity index (χ1v) is 11.7. The number of ether oxygens (including phenoxy) is 1. The van der Waals surface area contributed by atoms with Crippen LogP contribution < -0.4 is 16.4 Å². The van der Waals surface area contributed by atoms with Gasteiger partial charge in [-0.3, -0.25) is 9.59 Å². The number of aromatic amines is 1. The number of carbonyl (C=O) groups is 3. The molecule has 36 heavy (non-hydrogen) atoms. The van der Waals surface area contributed by atoms with E-state index in [-0.39, 0.29) is 19.4 Å². The van der Waals surface area contributed by atoms with Crippen molar-refractivity contribution in [2.24, 2.45) is 5.73 Å². The zero-order valence-electron chi connectivity index (χ0n) is 19.6. The summed E-state index contributed by atoms with van der Waals surface area (Å²) in [5.74, 6) is -1.19. The van der Waals surface area contributed by atoms with Crippen LogP contribution in [0.25, 0.3) is 10.9 Å². The van der Waals surface area contributed by atoms with Crippen molar-refractivity contribution in [1.82, 2.24) is 15.6 Å². The molecule has 0 aliphatic heterocycles. The molecule has 3 amide bonds. The quantitative estimate of drug-likeness (QED) is 0.276. The number of primary amides is 1. The Kier molecular flexibility index (Phi) is 7.97. The lowest BCUT2D eigenvalue weighted by atomic mass is 10.0. The number of nitrogens with two attached hydrogens (primary N) is 1. The second-order valence-corrected chi connectivity index (χ2v) is 8.48. The van der Waals surface area contributed by atoms with Crippen LogP contribution in [-0.4, -0.2) is 35.0 Å². The lowest BCUT2D eigenvalue weighted by Crippen LogP contribution is -2.54. The molecular formula is C28H28N4O4. The number of nitrogens with one attached hydrogen (secondary N) is 3. The van der Waals surface area contributed by atoms with Gasteiger partial charge in [-0.2, -0.15) is 0 Å². The Bertz CT molecular complexity index is 1320. The van der Waals surface area contributed by atoms with Crippen molar-refractivity contribution in [3.63, 3.8) is 0 Å². The largest absolute Gasteiger partial charge is 0.445 e. The van der Waals surface area contributed by atoms with Crippen LogP contribution in [-0.2, 0) is 33.8 Å². The third kappa shape index (κ3) is 6.50. The van der Waals surface area contributed by atoms with E-state index in [4.69, 9.17) is 10.5 Å². The SMILES string of the molecule is NC(=O)[C@H](Cc1ccccc1)NC(=O)[C@@H](Cc1c[nH]c2ccccc12)NC(=O)OCc1ccccc1. The molecule has 0 radical (unpaired) electrons. The predicted octanol–water partition coefficient (Wildman–Crippen LogP) is 3.22. The van der Waals surface area contributed by atoms with Crippen molar-refractivity contribution in [1.29, 1.82) is 0 Å². The number of aromatic nitrogens is 1. The van der Waals surface area contributed by atoms with Gasteiger partial charge < -0.3 is 26.1 Å². The van der Waals surface area contributed by atoms with E-state index >= 15 is 0 Å². The third-order valence-corrected chi connectivity index (χ3v) is 5.86. The molecule has 3 aromatic carbocycles. The first kappa shape index (κ1) is 24.5. The maximum atomic E-state index is 13.3. The van der Waals surface area contributed by atoms with E-state index in [1.54, 1.807) is 6.20 Å². The number of para-hydroxylation sites is 1. The second kappa shape index (κ2) is 11.7. The van der Waals surface area contributed by atoms with Gasteiger partial charge in [0.05, 0.1) is 0 Å². The van der Waals surface area contributed by atoms with Crippen LogP contribution in [0.2, 0.25) is 0 Å². The highest BCUT2D eigenvalue weighted by Gasteiger charge is 2.27. The Morgan fingerprint density at radius 3 is 2.11 bits per heavy atom. The summed E-state index contributed by atoms with van der Waals surface area (Å²) >= 11 is 0. The summed E-state index contributed by atoms with van der Waals surface area (Å²) in [7, 11) is 0. The van der Waals surface area contributed by atoms with Crippen LogP contribution >= 0.6 is 0 Å². The fourth-order valence-electron chi connectivity index (χ4n) is 3.98. The molecule has 8 heteroatoms. The lowest BCUT2D eigenvalue weighted by Gasteiger charge is -2.22. The molecule has 4 rings (SSSR count). The molecule has 8 nitrogen and oxygen atoms in total. The minimum atomic E-state index is -0.995. The summed E-state index contributed by atoms with van der Waals surface area (Å²) in [5, 5.41) is 6.31. The first-order chi connectivity index (χ1) is 17.5. The van der Waals surface area contributed by atoms with E-state index in [2.05, 4.69) is 15.6 Å². The molecule has 0 saturated heterocycles. The smallest absolute Gasteiger partial charge is 0.408 e. The molecular weight excluding hydrogens is 456 g/mol. The standard InChI is InChI=1S/C28H28N4O4/c29-26(33)24(15-19-9-3-1-4-10-19)31-27(34)25(16-21-17-30-23-14-8-7-13-22(21)23)32-28(35)36-18-20-11-5-2-6-12-20/h1-14,17,24-25,30H,15-16,18H2,(H2,29,33)(H,31,34)(H,32,35)/t24-,25+/m0/s1. The number of fused-ring (bicyclic) bond motifs is 1. The normalized spacial score (nSPS) is 12.4. The molecule has 1 aromatic heterocycles. The number of alkyl carbamates (subject to hydrolysis) is 1. The van der Waals surface area contributed by atoms with Gasteiger partial charge in [-0.15, -0.1) is 0 Å². The average Bonchev–Trinajstić information content (AvgIpc) is 3.30. The molecule has 0 unspecified atom stereocenters. The number of hydrogen-bond donors (Lipinski definition) is 4. The summed E-state index contributed by atoms with van der Waals surface area (Å²) in [6, 6.07) is 24.2. The molecule has 0 aliphatic rings. The zero-order chi connectivity index (χ0) is 25.3. The Hall–Kier alpha value is -4.59. The van der Waals surface area contributed by atoms with Crippen molar-refractivity contribution in [3.8, 4) is 0 Å². The Morgan fingerprint density at radius 1 is 0.778 bits per heavy atom. The molecule has 0 aliphatic carbocycles. The topological polar surface area (TPSA) is 126 Å². The number of carbonyl (C=O) groups excluding carboxylic acids is 3. The maximum absolute atomic E-state index is 13.3. The molecule has 1 heterocycles. The lowest BCUT2D eigenvalue weighted by molar-refractivity contribution is -0.128. The fraction of sp³-hybridized carbons (Fsp3) is 0.179. The Labute approximate surface area is 208 Å². The van der Waals surface area contributed by atoms with Gasteiger partial charge in [0.25, 0.3) is 0 Å². The Morgan fingerprint density at radius 2 is 1.42 bits per heavy atom. The summed E-state index contributed by atoms with van der Waals surface area (Å²) in [4.78, 5) is 41.2. The van der Waals surface area contributed by atoms with Crippen LogP contribution in [0.4, 0.5) is 4.79 Å². The predicted molar refractivity (Wildman–Crippen MR) is 137 cm³/mol. The summed E-state index contributed by atoms with van der Waals surface area (Å²) < 4.78 is 5.33. The number of rotatable bonds is 10. The van der Waals surface area contributed by atoms with Crippen molar-refractivity contribution in [2.75, 3.05) is 0 Å². The fourth-order valence-corrected chi connectivity index (χ4v) is 3.98. The highest BCUT2D eigenvalue weighted by molar-refractivity contribution is 5.92. The molecule has 0 fully saturated rings. The van der Waals surface area contributed by atoms with E-state index in [1.807, 2.05) is 84.9 Å². The second-order valence-electron chi connectivity index (χ2n) is 8.48. The van der Waals surface area contributed by atoms with Crippen LogP contribution in [0.15, 0.2) is 91.1 Å². The summed E-state index contributed by atoms with van der Waals surface area (Å²) in [5.41, 5.74) is 9.01. The van der Waals surface area contributed by atoms with Gasteiger partial charge in [0.15, 0.2) is 0 Å². The van der Waals surface area contributed by atoms with Crippen molar-refractivity contribution >= 4 is 28.8 Å². The monoisotopic (exact) mass is 484 g/mol.